The molecule has 0 spiro atoms. The van der Waals surface area contributed by atoms with E-state index in [0.29, 0.717) is 0 Å². The van der Waals surface area contributed by atoms with Gasteiger partial charge in [0.05, 0.1) is 18.3 Å². The van der Waals surface area contributed by atoms with Crippen LogP contribution in [0.5, 0.6) is 0 Å². The van der Waals surface area contributed by atoms with E-state index in [1.54, 1.807) is 37.3 Å². The van der Waals surface area contributed by atoms with E-state index < -0.39 is 84.5 Å². The van der Waals surface area contributed by atoms with Gasteiger partial charge in [-0.3, -0.25) is 4.79 Å². The zero-order valence-corrected chi connectivity index (χ0v) is 18.4. The number of hydrogen-bond donors (Lipinski definition) is 5. The van der Waals surface area contributed by atoms with E-state index in [4.69, 9.17) is 18.9 Å². The average molecular weight is 480 g/mol. The first-order chi connectivity index (χ1) is 16.1. The third kappa shape index (κ3) is 2.95. The van der Waals surface area contributed by atoms with Crippen LogP contribution in [0.1, 0.15) is 30.1 Å². The molecule has 5 fully saturated rings. The van der Waals surface area contributed by atoms with Gasteiger partial charge in [-0.15, -0.1) is 0 Å². The molecule has 10 atom stereocenters. The first-order valence-corrected chi connectivity index (χ1v) is 11.2. The molecule has 186 valence electrons. The lowest BCUT2D eigenvalue weighted by atomic mass is 9.40. The monoisotopic (exact) mass is 480 g/mol. The molecule has 34 heavy (non-hydrogen) atoms. The number of esters is 2. The summed E-state index contributed by atoms with van der Waals surface area (Å²) in [6.07, 6.45) is -8.41. The van der Waals surface area contributed by atoms with E-state index in [0.717, 1.165) is 0 Å². The van der Waals surface area contributed by atoms with Crippen molar-refractivity contribution in [1.29, 1.82) is 0 Å². The molecule has 0 radical (unpaired) electrons. The fraction of sp³-hybridized carbons (Fsp3) is 0.652. The smallest absolute Gasteiger partial charge is 0.338 e. The lowest BCUT2D eigenvalue weighted by Crippen LogP contribution is -2.80. The van der Waals surface area contributed by atoms with E-state index in [9.17, 15) is 35.1 Å². The molecule has 4 bridgehead atoms. The fourth-order valence-electron chi connectivity index (χ4n) is 6.19. The van der Waals surface area contributed by atoms with Crippen molar-refractivity contribution in [2.75, 3.05) is 13.2 Å². The molecule has 11 nitrogen and oxygen atoms in total. The Hall–Kier alpha value is -2.12. The molecule has 0 unspecified atom stereocenters. The third-order valence-corrected chi connectivity index (χ3v) is 8.07. The van der Waals surface area contributed by atoms with Crippen LogP contribution in [0.4, 0.5) is 0 Å². The van der Waals surface area contributed by atoms with E-state index >= 15 is 0 Å². The lowest BCUT2D eigenvalue weighted by Gasteiger charge is -2.66. The van der Waals surface area contributed by atoms with Crippen LogP contribution in [-0.2, 0) is 23.7 Å². The number of aliphatic hydroxyl groups excluding tert-OH is 5. The second-order valence-corrected chi connectivity index (χ2v) is 9.76. The molecule has 1 aromatic rings. The molecule has 3 saturated carbocycles. The average Bonchev–Trinajstić information content (AvgIpc) is 2.88. The van der Waals surface area contributed by atoms with Gasteiger partial charge in [0, 0.05) is 12.3 Å². The van der Waals surface area contributed by atoms with Gasteiger partial charge in [0.15, 0.2) is 6.29 Å². The van der Waals surface area contributed by atoms with Crippen LogP contribution >= 0.6 is 0 Å². The number of carbonyl (C=O) groups is 2. The van der Waals surface area contributed by atoms with Crippen molar-refractivity contribution in [1.82, 2.24) is 0 Å². The standard InChI is InChI=1S/C23H28O11/c1-21-8-13(25)12-7-23(21,33-19-17(28)16(27)15(26)14(9-24)32-19)22(12,20(30)34-21)10-31-18(29)11-5-3-2-4-6-11/h2-6,12-17,19,24-28H,7-10H2,1H3/t12-,13-,14-,15-,16+,17+,19+,21-,22-,23-/m1/s1. The van der Waals surface area contributed by atoms with Crippen molar-refractivity contribution in [3.05, 3.63) is 35.9 Å². The van der Waals surface area contributed by atoms with Crippen molar-refractivity contribution >= 4 is 11.9 Å². The Labute approximate surface area is 194 Å². The van der Waals surface area contributed by atoms with E-state index in [2.05, 4.69) is 0 Å². The first-order valence-electron chi connectivity index (χ1n) is 11.2. The minimum Gasteiger partial charge on any atom is -0.461 e. The number of rotatable bonds is 6. The predicted molar refractivity (Wildman–Crippen MR) is 110 cm³/mol. The maximum atomic E-state index is 13.2. The van der Waals surface area contributed by atoms with Gasteiger partial charge in [0.25, 0.3) is 0 Å². The molecule has 5 aliphatic rings. The summed E-state index contributed by atoms with van der Waals surface area (Å²) < 4.78 is 22.9. The predicted octanol–water partition coefficient (Wildman–Crippen LogP) is -1.51. The van der Waals surface area contributed by atoms with Crippen LogP contribution < -0.4 is 0 Å². The highest BCUT2D eigenvalue weighted by molar-refractivity contribution is 5.90. The highest BCUT2D eigenvalue weighted by Crippen LogP contribution is 2.73. The van der Waals surface area contributed by atoms with Gasteiger partial charge < -0.3 is 44.5 Å². The van der Waals surface area contributed by atoms with Crippen LogP contribution in [0.3, 0.4) is 0 Å². The van der Waals surface area contributed by atoms with Crippen molar-refractivity contribution in [2.24, 2.45) is 11.3 Å². The van der Waals surface area contributed by atoms with E-state index in [1.807, 2.05) is 0 Å². The van der Waals surface area contributed by atoms with E-state index in [-0.39, 0.29) is 18.4 Å². The second-order valence-electron chi connectivity index (χ2n) is 9.76. The van der Waals surface area contributed by atoms with Gasteiger partial charge in [0.2, 0.25) is 0 Å². The maximum Gasteiger partial charge on any atom is 0.338 e. The summed E-state index contributed by atoms with van der Waals surface area (Å²) in [5.74, 6) is -2.00. The number of carbonyl (C=O) groups excluding carboxylic acids is 2. The molecular formula is C23H28O11. The number of ether oxygens (including phenoxy) is 4. The Morgan fingerprint density at radius 2 is 1.79 bits per heavy atom. The van der Waals surface area contributed by atoms with Crippen LogP contribution in [0, 0.1) is 11.3 Å². The Balaban J connectivity index is 1.46. The molecule has 2 aliphatic heterocycles. The Morgan fingerprint density at radius 3 is 2.47 bits per heavy atom. The SMILES string of the molecule is C[C@@]12C[C@@H](O)[C@H]3C[C@]1(O[C@@H]1O[C@H](CO)[C@@H](O)[C@H](O)[C@@H]1O)[C@@]3(COC(=O)c1ccccc1)C(=O)O2. The molecule has 3 aliphatic carbocycles. The highest BCUT2D eigenvalue weighted by Gasteiger charge is 2.88. The Bertz CT molecular complexity index is 969. The van der Waals surface area contributed by atoms with Crippen LogP contribution in [0.2, 0.25) is 0 Å². The van der Waals surface area contributed by atoms with Crippen LogP contribution in [0.15, 0.2) is 30.3 Å². The zero-order valence-electron chi connectivity index (χ0n) is 18.4. The van der Waals surface area contributed by atoms with Gasteiger partial charge in [0.1, 0.15) is 47.6 Å². The number of benzene rings is 1. The van der Waals surface area contributed by atoms with E-state index in [1.165, 1.54) is 0 Å². The lowest BCUT2D eigenvalue weighted by molar-refractivity contribution is -0.394. The van der Waals surface area contributed by atoms with Crippen LogP contribution in [0.25, 0.3) is 0 Å². The maximum absolute atomic E-state index is 13.2. The second kappa shape index (κ2) is 7.95. The van der Waals surface area contributed by atoms with Gasteiger partial charge >= 0.3 is 11.9 Å². The summed E-state index contributed by atoms with van der Waals surface area (Å²) in [5, 5.41) is 51.0. The summed E-state index contributed by atoms with van der Waals surface area (Å²) in [6, 6.07) is 8.20. The summed E-state index contributed by atoms with van der Waals surface area (Å²) in [4.78, 5) is 25.9. The normalized spacial score (nSPS) is 47.0. The zero-order chi connectivity index (χ0) is 24.5. The summed E-state index contributed by atoms with van der Waals surface area (Å²) in [5.41, 5.74) is -4.08. The van der Waals surface area contributed by atoms with Crippen molar-refractivity contribution < 1.29 is 54.1 Å². The van der Waals surface area contributed by atoms with Crippen LogP contribution in [-0.4, -0.2) is 98.7 Å². The van der Waals surface area contributed by atoms with Crippen molar-refractivity contribution in [3.8, 4) is 0 Å². The minimum atomic E-state index is -1.69. The molecule has 11 heteroatoms. The molecule has 0 amide bonds. The quantitative estimate of drug-likeness (QED) is 0.300. The van der Waals surface area contributed by atoms with Crippen molar-refractivity contribution in [3.63, 3.8) is 0 Å². The fourth-order valence-corrected chi connectivity index (χ4v) is 6.19. The first kappa shape index (κ1) is 23.6. The van der Waals surface area contributed by atoms with Gasteiger partial charge in [-0.25, -0.2) is 4.79 Å². The summed E-state index contributed by atoms with van der Waals surface area (Å²) in [6.45, 7) is 0.508. The Kier molecular flexibility index (Phi) is 5.52. The van der Waals surface area contributed by atoms with Gasteiger partial charge in [-0.05, 0) is 25.5 Å². The molecule has 2 saturated heterocycles. The molecule has 0 aromatic heterocycles. The number of fused-ring (bicyclic) bond motifs is 1. The molecule has 1 aromatic carbocycles. The van der Waals surface area contributed by atoms with Gasteiger partial charge in [-0.1, -0.05) is 18.2 Å². The van der Waals surface area contributed by atoms with Gasteiger partial charge in [-0.2, -0.15) is 0 Å². The summed E-state index contributed by atoms with van der Waals surface area (Å²) in [7, 11) is 0. The highest BCUT2D eigenvalue weighted by atomic mass is 16.7. The largest absolute Gasteiger partial charge is 0.461 e. The minimum absolute atomic E-state index is 0.0508. The molecule has 6 rings (SSSR count). The molecule has 2 heterocycles. The third-order valence-electron chi connectivity index (χ3n) is 8.07. The summed E-state index contributed by atoms with van der Waals surface area (Å²) >= 11 is 0. The topological polar surface area (TPSA) is 172 Å². The molecule has 5 N–H and O–H groups in total. The number of aliphatic hydroxyl groups is 5. The van der Waals surface area contributed by atoms with Crippen molar-refractivity contribution in [2.45, 2.75) is 67.8 Å². The number of hydrogen-bond acceptors (Lipinski definition) is 11. The Morgan fingerprint density at radius 1 is 1.09 bits per heavy atom. The molecular weight excluding hydrogens is 452 g/mol.